The van der Waals surface area contributed by atoms with E-state index in [4.69, 9.17) is 10.5 Å². The van der Waals surface area contributed by atoms with E-state index in [1.54, 1.807) is 0 Å². The molecule has 0 spiro atoms. The topological polar surface area (TPSA) is 47.3 Å². The zero-order chi connectivity index (χ0) is 14.7. The number of nitrogens with one attached hydrogen (secondary N) is 1. The minimum atomic E-state index is 0.111. The molecule has 0 aliphatic heterocycles. The van der Waals surface area contributed by atoms with E-state index in [9.17, 15) is 0 Å². The number of ether oxygens (including phenoxy) is 1. The number of hydrogen-bond donors (Lipinski definition) is 2. The van der Waals surface area contributed by atoms with Crippen molar-refractivity contribution in [1.82, 2.24) is 0 Å². The number of nitrogens with two attached hydrogens (primary N) is 1. The third-order valence-corrected chi connectivity index (χ3v) is 3.85. The molecule has 5 heteroatoms. The Kier molecular flexibility index (Phi) is 4.94. The summed E-state index contributed by atoms with van der Waals surface area (Å²) in [6.45, 7) is 3.97. The van der Waals surface area contributed by atoms with Crippen molar-refractivity contribution >= 4 is 48.9 Å². The molecule has 0 aromatic heterocycles. The number of rotatable bonds is 4. The maximum atomic E-state index is 5.92. The lowest BCUT2D eigenvalue weighted by atomic mass is 10.2. The van der Waals surface area contributed by atoms with Crippen LogP contribution in [0.3, 0.4) is 0 Å². The lowest BCUT2D eigenvalue weighted by molar-refractivity contribution is 0.242. The summed E-state index contributed by atoms with van der Waals surface area (Å²) in [5, 5.41) is 3.34. The standard InChI is InChI=1S/C15H16Br2N2O/c1-9(2)20-12-7-10(18)6-11(8-12)19-15-13(16)4-3-5-14(15)17/h3-9,19H,18H2,1-2H3. The summed E-state index contributed by atoms with van der Waals surface area (Å²) in [6.07, 6.45) is 0.111. The fourth-order valence-electron chi connectivity index (χ4n) is 1.80. The van der Waals surface area contributed by atoms with Crippen molar-refractivity contribution in [2.24, 2.45) is 0 Å². The molecule has 0 aliphatic carbocycles. The number of hydrogen-bond acceptors (Lipinski definition) is 3. The summed E-state index contributed by atoms with van der Waals surface area (Å²) in [7, 11) is 0. The van der Waals surface area contributed by atoms with Crippen molar-refractivity contribution in [3.63, 3.8) is 0 Å². The fourth-order valence-corrected chi connectivity index (χ4v) is 2.99. The van der Waals surface area contributed by atoms with Crippen molar-refractivity contribution < 1.29 is 4.74 Å². The predicted octanol–water partition coefficient (Wildman–Crippen LogP) is 5.32. The number of para-hydroxylation sites is 1. The Morgan fingerprint density at radius 3 is 2.35 bits per heavy atom. The van der Waals surface area contributed by atoms with Crippen molar-refractivity contribution in [3.05, 3.63) is 45.3 Å². The first kappa shape index (κ1) is 15.2. The van der Waals surface area contributed by atoms with Gasteiger partial charge in [0.1, 0.15) is 5.75 Å². The van der Waals surface area contributed by atoms with Gasteiger partial charge in [0.2, 0.25) is 0 Å². The van der Waals surface area contributed by atoms with Gasteiger partial charge in [-0.1, -0.05) is 6.07 Å². The van der Waals surface area contributed by atoms with Crippen LogP contribution in [0.2, 0.25) is 0 Å². The predicted molar refractivity (Wildman–Crippen MR) is 91.7 cm³/mol. The SMILES string of the molecule is CC(C)Oc1cc(N)cc(Nc2c(Br)cccc2Br)c1. The second-order valence-electron chi connectivity index (χ2n) is 4.68. The van der Waals surface area contributed by atoms with Crippen LogP contribution < -0.4 is 15.8 Å². The summed E-state index contributed by atoms with van der Waals surface area (Å²) in [5.74, 6) is 0.755. The van der Waals surface area contributed by atoms with Gasteiger partial charge in [-0.3, -0.25) is 0 Å². The van der Waals surface area contributed by atoms with Gasteiger partial charge in [-0.05, 0) is 63.9 Å². The van der Waals surface area contributed by atoms with E-state index in [1.165, 1.54) is 0 Å². The van der Waals surface area contributed by atoms with Crippen LogP contribution in [0.1, 0.15) is 13.8 Å². The summed E-state index contributed by atoms with van der Waals surface area (Å²) in [6, 6.07) is 11.5. The molecular formula is C15H16Br2N2O. The molecule has 2 aromatic carbocycles. The van der Waals surface area contributed by atoms with Crippen LogP contribution in [-0.4, -0.2) is 6.10 Å². The van der Waals surface area contributed by atoms with Gasteiger partial charge < -0.3 is 15.8 Å². The Hall–Kier alpha value is -1.20. The minimum Gasteiger partial charge on any atom is -0.491 e. The monoisotopic (exact) mass is 398 g/mol. The van der Waals surface area contributed by atoms with Gasteiger partial charge in [-0.2, -0.15) is 0 Å². The zero-order valence-electron chi connectivity index (χ0n) is 11.3. The van der Waals surface area contributed by atoms with Gasteiger partial charge in [0.15, 0.2) is 0 Å². The van der Waals surface area contributed by atoms with Crippen molar-refractivity contribution in [2.75, 3.05) is 11.1 Å². The summed E-state index contributed by atoms with van der Waals surface area (Å²) in [5.41, 5.74) is 8.42. The van der Waals surface area contributed by atoms with Gasteiger partial charge in [0.25, 0.3) is 0 Å². The summed E-state index contributed by atoms with van der Waals surface area (Å²) < 4.78 is 7.64. The molecule has 20 heavy (non-hydrogen) atoms. The molecule has 0 heterocycles. The van der Waals surface area contributed by atoms with Crippen LogP contribution in [0.4, 0.5) is 17.1 Å². The Balaban J connectivity index is 2.31. The van der Waals surface area contributed by atoms with Gasteiger partial charge in [-0.15, -0.1) is 0 Å². The molecule has 2 aromatic rings. The van der Waals surface area contributed by atoms with Crippen LogP contribution >= 0.6 is 31.9 Å². The highest BCUT2D eigenvalue weighted by molar-refractivity contribution is 9.11. The third-order valence-electron chi connectivity index (χ3n) is 2.53. The minimum absolute atomic E-state index is 0.111. The van der Waals surface area contributed by atoms with Gasteiger partial charge >= 0.3 is 0 Å². The first-order valence-electron chi connectivity index (χ1n) is 6.24. The quantitative estimate of drug-likeness (QED) is 0.683. The summed E-state index contributed by atoms with van der Waals surface area (Å²) >= 11 is 7.05. The highest BCUT2D eigenvalue weighted by atomic mass is 79.9. The fraction of sp³-hybridized carbons (Fsp3) is 0.200. The number of anilines is 3. The van der Waals surface area contributed by atoms with Crippen LogP contribution in [0.15, 0.2) is 45.3 Å². The van der Waals surface area contributed by atoms with Crippen LogP contribution in [0.25, 0.3) is 0 Å². The Bertz CT molecular complexity index is 595. The Morgan fingerprint density at radius 2 is 1.75 bits per heavy atom. The lowest BCUT2D eigenvalue weighted by Gasteiger charge is -2.15. The number of nitrogen functional groups attached to an aromatic ring is 1. The van der Waals surface area contributed by atoms with Gasteiger partial charge in [0.05, 0.1) is 11.8 Å². The lowest BCUT2D eigenvalue weighted by Crippen LogP contribution is -2.06. The molecular weight excluding hydrogens is 384 g/mol. The van der Waals surface area contributed by atoms with Gasteiger partial charge in [0, 0.05) is 32.5 Å². The van der Waals surface area contributed by atoms with Crippen molar-refractivity contribution in [1.29, 1.82) is 0 Å². The van der Waals surface area contributed by atoms with E-state index >= 15 is 0 Å². The molecule has 3 N–H and O–H groups in total. The molecule has 0 aliphatic rings. The zero-order valence-corrected chi connectivity index (χ0v) is 14.5. The first-order valence-corrected chi connectivity index (χ1v) is 7.82. The van der Waals surface area contributed by atoms with Crippen LogP contribution in [-0.2, 0) is 0 Å². The van der Waals surface area contributed by atoms with Gasteiger partial charge in [-0.25, -0.2) is 0 Å². The molecule has 0 unspecified atom stereocenters. The highest BCUT2D eigenvalue weighted by Gasteiger charge is 2.07. The average molecular weight is 400 g/mol. The van der Waals surface area contributed by atoms with E-state index in [-0.39, 0.29) is 6.10 Å². The smallest absolute Gasteiger partial charge is 0.123 e. The molecule has 0 atom stereocenters. The van der Waals surface area contributed by atoms with E-state index < -0.39 is 0 Å². The second-order valence-corrected chi connectivity index (χ2v) is 6.39. The van der Waals surface area contributed by atoms with Crippen LogP contribution in [0, 0.1) is 0 Å². The Morgan fingerprint density at radius 1 is 1.10 bits per heavy atom. The van der Waals surface area contributed by atoms with Crippen molar-refractivity contribution in [2.45, 2.75) is 20.0 Å². The van der Waals surface area contributed by atoms with E-state index in [0.717, 1.165) is 26.1 Å². The van der Waals surface area contributed by atoms with E-state index in [2.05, 4.69) is 37.2 Å². The molecule has 0 saturated heterocycles. The largest absolute Gasteiger partial charge is 0.491 e. The number of benzene rings is 2. The first-order chi connectivity index (χ1) is 9.45. The maximum absolute atomic E-state index is 5.92. The third kappa shape index (κ3) is 3.90. The maximum Gasteiger partial charge on any atom is 0.123 e. The van der Waals surface area contributed by atoms with Crippen molar-refractivity contribution in [3.8, 4) is 5.75 Å². The van der Waals surface area contributed by atoms with E-state index in [1.807, 2.05) is 50.2 Å². The normalized spacial score (nSPS) is 10.7. The molecule has 0 fully saturated rings. The highest BCUT2D eigenvalue weighted by Crippen LogP contribution is 2.34. The van der Waals surface area contributed by atoms with E-state index in [0.29, 0.717) is 5.69 Å². The molecule has 2 rings (SSSR count). The molecule has 0 radical (unpaired) electrons. The Labute approximate surface area is 135 Å². The summed E-state index contributed by atoms with van der Waals surface area (Å²) in [4.78, 5) is 0. The van der Waals surface area contributed by atoms with Crippen LogP contribution in [0.5, 0.6) is 5.75 Å². The molecule has 3 nitrogen and oxygen atoms in total. The molecule has 0 bridgehead atoms. The average Bonchev–Trinajstić information content (AvgIpc) is 2.32. The molecule has 106 valence electrons. The molecule has 0 amide bonds. The second kappa shape index (κ2) is 6.50. The molecule has 0 saturated carbocycles. The number of halogens is 2.